The molecule has 2 aromatic carbocycles. The van der Waals surface area contributed by atoms with Crippen molar-refractivity contribution in [3.8, 4) is 11.1 Å². The van der Waals surface area contributed by atoms with E-state index < -0.39 is 0 Å². The largest absolute Gasteiger partial charge is 0.439 e. The summed E-state index contributed by atoms with van der Waals surface area (Å²) in [5, 5.41) is 3.35. The van der Waals surface area contributed by atoms with Crippen LogP contribution in [0.15, 0.2) is 63.8 Å². The maximum atomic E-state index is 13.2. The van der Waals surface area contributed by atoms with Crippen molar-refractivity contribution in [3.63, 3.8) is 0 Å². The number of anilines is 1. The van der Waals surface area contributed by atoms with Crippen LogP contribution in [0.2, 0.25) is 0 Å². The van der Waals surface area contributed by atoms with Gasteiger partial charge in [0.25, 0.3) is 0 Å². The standard InChI is InChI=1S/C23H25N3O3/c1-2-25-12-14-26(15-13-25)16-20(27)24-23-21(17-8-4-3-5-9-17)22(28)18-10-6-7-11-19(18)29-23/h3-11H,2,12-16H2,1H3,(H,24,27). The molecule has 4 rings (SSSR count). The third-order valence-electron chi connectivity index (χ3n) is 5.39. The second-order valence-electron chi connectivity index (χ2n) is 7.26. The van der Waals surface area contributed by atoms with E-state index in [-0.39, 0.29) is 23.8 Å². The summed E-state index contributed by atoms with van der Waals surface area (Å²) in [6.45, 7) is 7.09. The number of nitrogens with one attached hydrogen (secondary N) is 1. The Labute approximate surface area is 169 Å². The number of carbonyl (C=O) groups excluding carboxylic acids is 1. The second kappa shape index (κ2) is 8.59. The first kappa shape index (κ1) is 19.4. The van der Waals surface area contributed by atoms with E-state index >= 15 is 0 Å². The smallest absolute Gasteiger partial charge is 0.240 e. The molecule has 29 heavy (non-hydrogen) atoms. The molecule has 1 saturated heterocycles. The van der Waals surface area contributed by atoms with E-state index in [0.717, 1.165) is 38.3 Å². The molecule has 0 atom stereocenters. The molecule has 1 amide bonds. The highest BCUT2D eigenvalue weighted by Gasteiger charge is 2.21. The van der Waals surface area contributed by atoms with Gasteiger partial charge in [-0.2, -0.15) is 0 Å². The SMILES string of the molecule is CCN1CCN(CC(=O)Nc2oc3ccccc3c(=O)c2-c2ccccc2)CC1. The van der Waals surface area contributed by atoms with E-state index in [1.165, 1.54) is 0 Å². The first-order valence-corrected chi connectivity index (χ1v) is 10.0. The second-order valence-corrected chi connectivity index (χ2v) is 7.26. The van der Waals surface area contributed by atoms with Crippen LogP contribution in [0.4, 0.5) is 5.88 Å². The Morgan fingerprint density at radius 3 is 2.34 bits per heavy atom. The van der Waals surface area contributed by atoms with Gasteiger partial charge in [0, 0.05) is 26.2 Å². The van der Waals surface area contributed by atoms with Crippen LogP contribution in [-0.4, -0.2) is 55.0 Å². The summed E-state index contributed by atoms with van der Waals surface area (Å²) in [5.74, 6) is 0.0302. The Morgan fingerprint density at radius 1 is 0.966 bits per heavy atom. The monoisotopic (exact) mass is 391 g/mol. The average molecular weight is 391 g/mol. The first-order valence-electron chi connectivity index (χ1n) is 10.0. The molecule has 150 valence electrons. The van der Waals surface area contributed by atoms with Crippen LogP contribution in [0, 0.1) is 0 Å². The Morgan fingerprint density at radius 2 is 1.62 bits per heavy atom. The molecule has 3 aromatic rings. The lowest BCUT2D eigenvalue weighted by atomic mass is 10.0. The molecule has 6 heteroatoms. The summed E-state index contributed by atoms with van der Waals surface area (Å²) < 4.78 is 5.96. The lowest BCUT2D eigenvalue weighted by Crippen LogP contribution is -2.48. The lowest BCUT2D eigenvalue weighted by molar-refractivity contribution is -0.117. The topological polar surface area (TPSA) is 65.8 Å². The minimum absolute atomic E-state index is 0.148. The molecule has 2 heterocycles. The summed E-state index contributed by atoms with van der Waals surface area (Å²) in [6, 6.07) is 16.4. The zero-order valence-corrected chi connectivity index (χ0v) is 16.6. The van der Waals surface area contributed by atoms with Crippen LogP contribution < -0.4 is 10.7 Å². The number of likely N-dealkylation sites (N-methyl/N-ethyl adjacent to an activating group) is 1. The van der Waals surface area contributed by atoms with E-state index in [4.69, 9.17) is 4.42 Å². The number of para-hydroxylation sites is 1. The minimum Gasteiger partial charge on any atom is -0.439 e. The van der Waals surface area contributed by atoms with E-state index in [1.54, 1.807) is 12.1 Å². The molecule has 0 unspecified atom stereocenters. The first-order chi connectivity index (χ1) is 14.2. The number of nitrogens with zero attached hydrogens (tertiary/aromatic N) is 2. The quantitative estimate of drug-likeness (QED) is 0.724. The predicted octanol–water partition coefficient (Wildman–Crippen LogP) is 3.04. The molecule has 1 N–H and O–H groups in total. The fourth-order valence-electron chi connectivity index (χ4n) is 3.73. The van der Waals surface area contributed by atoms with E-state index in [9.17, 15) is 9.59 Å². The van der Waals surface area contributed by atoms with Gasteiger partial charge in [-0.25, -0.2) is 0 Å². The summed E-state index contributed by atoms with van der Waals surface area (Å²) in [4.78, 5) is 30.4. The number of amides is 1. The number of carbonyl (C=O) groups is 1. The molecule has 0 saturated carbocycles. The number of hydrogen-bond donors (Lipinski definition) is 1. The van der Waals surface area contributed by atoms with Crippen LogP contribution in [-0.2, 0) is 4.79 Å². The highest BCUT2D eigenvalue weighted by molar-refractivity contribution is 5.97. The van der Waals surface area contributed by atoms with Gasteiger partial charge in [-0.15, -0.1) is 0 Å². The highest BCUT2D eigenvalue weighted by Crippen LogP contribution is 2.28. The third kappa shape index (κ3) is 4.23. The van der Waals surface area contributed by atoms with Gasteiger partial charge < -0.3 is 9.32 Å². The van der Waals surface area contributed by atoms with Gasteiger partial charge in [-0.1, -0.05) is 49.4 Å². The van der Waals surface area contributed by atoms with Gasteiger partial charge >= 0.3 is 0 Å². The van der Waals surface area contributed by atoms with Crippen molar-refractivity contribution in [2.45, 2.75) is 6.92 Å². The van der Waals surface area contributed by atoms with E-state index in [1.807, 2.05) is 42.5 Å². The molecule has 0 bridgehead atoms. The van der Waals surface area contributed by atoms with Crippen molar-refractivity contribution in [1.82, 2.24) is 9.80 Å². The normalized spacial score (nSPS) is 15.5. The zero-order chi connectivity index (χ0) is 20.2. The lowest BCUT2D eigenvalue weighted by Gasteiger charge is -2.33. The predicted molar refractivity (Wildman–Crippen MR) is 115 cm³/mol. The summed E-state index contributed by atoms with van der Waals surface area (Å²) in [6.07, 6.45) is 0. The average Bonchev–Trinajstić information content (AvgIpc) is 2.75. The van der Waals surface area contributed by atoms with Gasteiger partial charge in [0.15, 0.2) is 0 Å². The summed E-state index contributed by atoms with van der Waals surface area (Å²) in [5.41, 5.74) is 1.42. The Hall–Kier alpha value is -2.96. The molecule has 1 fully saturated rings. The fourth-order valence-corrected chi connectivity index (χ4v) is 3.73. The maximum absolute atomic E-state index is 13.2. The number of hydrogen-bond acceptors (Lipinski definition) is 5. The molecule has 1 aliphatic heterocycles. The molecular weight excluding hydrogens is 366 g/mol. The van der Waals surface area contributed by atoms with Gasteiger partial charge in [-0.3, -0.25) is 19.8 Å². The fraction of sp³-hybridized carbons (Fsp3) is 0.304. The van der Waals surface area contributed by atoms with Crippen LogP contribution in [0.3, 0.4) is 0 Å². The molecule has 1 aromatic heterocycles. The molecule has 1 aliphatic rings. The minimum atomic E-state index is -0.175. The molecule has 0 radical (unpaired) electrons. The summed E-state index contributed by atoms with van der Waals surface area (Å²) in [7, 11) is 0. The molecule has 0 spiro atoms. The van der Waals surface area contributed by atoms with Gasteiger partial charge in [0.2, 0.25) is 17.2 Å². The van der Waals surface area contributed by atoms with Crippen LogP contribution in [0.25, 0.3) is 22.1 Å². The van der Waals surface area contributed by atoms with Crippen molar-refractivity contribution in [3.05, 3.63) is 64.8 Å². The maximum Gasteiger partial charge on any atom is 0.240 e. The van der Waals surface area contributed by atoms with E-state index in [2.05, 4.69) is 22.0 Å². The van der Waals surface area contributed by atoms with Crippen molar-refractivity contribution < 1.29 is 9.21 Å². The van der Waals surface area contributed by atoms with Crippen LogP contribution >= 0.6 is 0 Å². The van der Waals surface area contributed by atoms with Crippen LogP contribution in [0.1, 0.15) is 6.92 Å². The molecule has 0 aliphatic carbocycles. The zero-order valence-electron chi connectivity index (χ0n) is 16.6. The van der Waals surface area contributed by atoms with E-state index in [0.29, 0.717) is 16.5 Å². The van der Waals surface area contributed by atoms with Gasteiger partial charge in [0.05, 0.1) is 17.5 Å². The Balaban J connectivity index is 1.62. The van der Waals surface area contributed by atoms with Gasteiger partial charge in [-0.05, 0) is 24.2 Å². The van der Waals surface area contributed by atoms with Crippen molar-refractivity contribution in [2.24, 2.45) is 0 Å². The number of piperazine rings is 1. The number of rotatable bonds is 5. The van der Waals surface area contributed by atoms with Crippen molar-refractivity contribution in [1.29, 1.82) is 0 Å². The highest BCUT2D eigenvalue weighted by atomic mass is 16.4. The van der Waals surface area contributed by atoms with Crippen molar-refractivity contribution >= 4 is 22.8 Å². The van der Waals surface area contributed by atoms with Crippen LogP contribution in [0.5, 0.6) is 0 Å². The Kier molecular flexibility index (Phi) is 5.74. The number of benzene rings is 2. The van der Waals surface area contributed by atoms with Crippen molar-refractivity contribution in [2.75, 3.05) is 44.6 Å². The third-order valence-corrected chi connectivity index (χ3v) is 5.39. The number of fused-ring (bicyclic) bond motifs is 1. The Bertz CT molecular complexity index is 1050. The summed E-state index contributed by atoms with van der Waals surface area (Å²) >= 11 is 0. The molecule has 6 nitrogen and oxygen atoms in total. The van der Waals surface area contributed by atoms with Gasteiger partial charge in [0.1, 0.15) is 5.58 Å². The molecular formula is C23H25N3O3.